The fraction of sp³-hybridized carbons (Fsp3) is 0.0667. The molecule has 0 radical (unpaired) electrons. The minimum Gasteiger partial charge on any atom is -0.507 e. The number of hydrogen-bond donors (Lipinski definition) is 1. The van der Waals surface area contributed by atoms with Gasteiger partial charge < -0.3 is 9.63 Å². The number of thioether (sulfide) groups is 1. The van der Waals surface area contributed by atoms with Crippen LogP contribution in [0, 0.1) is 0 Å². The number of hydrogen-bond acceptors (Lipinski definition) is 5. The maximum absolute atomic E-state index is 9.68. The van der Waals surface area contributed by atoms with Crippen molar-refractivity contribution in [2.75, 3.05) is 0 Å². The van der Waals surface area contributed by atoms with Crippen molar-refractivity contribution in [3.05, 3.63) is 60.5 Å². The Morgan fingerprint density at radius 2 is 1.75 bits per heavy atom. The molecule has 20 heavy (non-hydrogen) atoms. The van der Waals surface area contributed by atoms with Crippen LogP contribution in [0.5, 0.6) is 5.75 Å². The Bertz CT molecular complexity index is 698. The molecule has 0 fully saturated rings. The van der Waals surface area contributed by atoms with Gasteiger partial charge >= 0.3 is 0 Å². The molecule has 0 aliphatic rings. The number of para-hydroxylation sites is 1. The highest BCUT2D eigenvalue weighted by Crippen LogP contribution is 2.30. The molecule has 1 N–H and O–H groups in total. The minimum absolute atomic E-state index is 0.264. The van der Waals surface area contributed by atoms with Gasteiger partial charge in [0, 0.05) is 10.5 Å². The number of rotatable bonds is 4. The summed E-state index contributed by atoms with van der Waals surface area (Å²) in [5, 5.41) is 13.6. The predicted molar refractivity (Wildman–Crippen MR) is 77.4 cm³/mol. The van der Waals surface area contributed by atoms with E-state index in [1.165, 1.54) is 11.8 Å². The molecule has 1 heterocycles. The molecule has 0 atom stereocenters. The summed E-state index contributed by atoms with van der Waals surface area (Å²) in [7, 11) is 0. The van der Waals surface area contributed by atoms with Gasteiger partial charge in [-0.2, -0.15) is 4.98 Å². The predicted octanol–water partition coefficient (Wildman–Crippen LogP) is 3.73. The summed E-state index contributed by atoms with van der Waals surface area (Å²) >= 11 is 1.46. The van der Waals surface area contributed by atoms with Crippen LogP contribution < -0.4 is 0 Å². The molecule has 5 heteroatoms. The normalized spacial score (nSPS) is 10.6. The lowest BCUT2D eigenvalue weighted by Gasteiger charge is -2.00. The van der Waals surface area contributed by atoms with Crippen molar-refractivity contribution in [2.45, 2.75) is 10.6 Å². The highest BCUT2D eigenvalue weighted by molar-refractivity contribution is 7.98. The summed E-state index contributed by atoms with van der Waals surface area (Å²) in [5.74, 6) is 1.91. The number of benzene rings is 2. The third-order valence-corrected chi connectivity index (χ3v) is 3.76. The second-order valence-corrected chi connectivity index (χ2v) is 5.15. The maximum Gasteiger partial charge on any atom is 0.237 e. The van der Waals surface area contributed by atoms with E-state index in [1.54, 1.807) is 12.1 Å². The van der Waals surface area contributed by atoms with E-state index in [0.29, 0.717) is 17.5 Å². The van der Waals surface area contributed by atoms with Crippen LogP contribution in [-0.2, 0) is 5.75 Å². The van der Waals surface area contributed by atoms with Gasteiger partial charge in [-0.1, -0.05) is 47.6 Å². The first-order valence-corrected chi connectivity index (χ1v) is 7.10. The zero-order valence-electron chi connectivity index (χ0n) is 10.6. The average molecular weight is 284 g/mol. The largest absolute Gasteiger partial charge is 0.507 e. The summed E-state index contributed by atoms with van der Waals surface area (Å²) in [6.07, 6.45) is 0. The van der Waals surface area contributed by atoms with Crippen molar-refractivity contribution in [1.82, 2.24) is 10.1 Å². The minimum atomic E-state index is 0.264. The zero-order valence-corrected chi connectivity index (χ0v) is 11.4. The Balaban J connectivity index is 1.71. The molecule has 3 rings (SSSR count). The van der Waals surface area contributed by atoms with E-state index in [-0.39, 0.29) is 5.75 Å². The molecule has 2 aromatic carbocycles. The lowest BCUT2D eigenvalue weighted by atomic mass is 10.2. The van der Waals surface area contributed by atoms with Crippen LogP contribution in [-0.4, -0.2) is 15.2 Å². The molecule has 100 valence electrons. The molecule has 0 aliphatic heterocycles. The van der Waals surface area contributed by atoms with Crippen LogP contribution in [0.4, 0.5) is 0 Å². The van der Waals surface area contributed by atoms with Crippen LogP contribution >= 0.6 is 11.8 Å². The van der Waals surface area contributed by atoms with E-state index in [1.807, 2.05) is 42.5 Å². The second-order valence-electron chi connectivity index (χ2n) is 4.13. The molecule has 4 nitrogen and oxygen atoms in total. The van der Waals surface area contributed by atoms with Crippen LogP contribution in [0.2, 0.25) is 0 Å². The van der Waals surface area contributed by atoms with E-state index in [0.717, 1.165) is 10.5 Å². The number of aromatic hydroxyl groups is 1. The standard InChI is InChI=1S/C15H12N2O2S/c18-12-8-4-5-9-13(12)20-10-14-16-15(17-19-14)11-6-2-1-3-7-11/h1-9,18H,10H2. The number of phenols is 1. The van der Waals surface area contributed by atoms with Crippen LogP contribution in [0.3, 0.4) is 0 Å². The lowest BCUT2D eigenvalue weighted by Crippen LogP contribution is -1.82. The van der Waals surface area contributed by atoms with Crippen LogP contribution in [0.15, 0.2) is 64.0 Å². The third-order valence-electron chi connectivity index (χ3n) is 2.72. The number of nitrogens with zero attached hydrogens (tertiary/aromatic N) is 2. The van der Waals surface area contributed by atoms with Gasteiger partial charge in [0.05, 0.1) is 5.75 Å². The second kappa shape index (κ2) is 5.79. The van der Waals surface area contributed by atoms with E-state index >= 15 is 0 Å². The Labute approximate surface area is 120 Å². The smallest absolute Gasteiger partial charge is 0.237 e. The summed E-state index contributed by atoms with van der Waals surface area (Å²) < 4.78 is 5.22. The van der Waals surface area contributed by atoms with Crippen molar-refractivity contribution in [2.24, 2.45) is 0 Å². The average Bonchev–Trinajstić information content (AvgIpc) is 2.96. The van der Waals surface area contributed by atoms with Crippen molar-refractivity contribution < 1.29 is 9.63 Å². The Morgan fingerprint density at radius 3 is 2.55 bits per heavy atom. The van der Waals surface area contributed by atoms with Gasteiger partial charge in [-0.3, -0.25) is 0 Å². The molecular formula is C15H12N2O2S. The summed E-state index contributed by atoms with van der Waals surface area (Å²) in [4.78, 5) is 5.14. The first-order chi connectivity index (χ1) is 9.83. The van der Waals surface area contributed by atoms with Gasteiger partial charge in [-0.05, 0) is 12.1 Å². The first-order valence-electron chi connectivity index (χ1n) is 6.12. The number of aromatic nitrogens is 2. The van der Waals surface area contributed by atoms with Gasteiger partial charge in [0.15, 0.2) is 0 Å². The van der Waals surface area contributed by atoms with Crippen LogP contribution in [0.25, 0.3) is 11.4 Å². The molecule has 0 saturated heterocycles. The van der Waals surface area contributed by atoms with E-state index < -0.39 is 0 Å². The third kappa shape index (κ3) is 2.83. The molecule has 0 aliphatic carbocycles. The topological polar surface area (TPSA) is 59.2 Å². The highest BCUT2D eigenvalue weighted by Gasteiger charge is 2.09. The molecular weight excluding hydrogens is 272 g/mol. The highest BCUT2D eigenvalue weighted by atomic mass is 32.2. The molecule has 0 spiro atoms. The van der Waals surface area contributed by atoms with E-state index in [4.69, 9.17) is 4.52 Å². The fourth-order valence-electron chi connectivity index (χ4n) is 1.74. The molecule has 0 bridgehead atoms. The van der Waals surface area contributed by atoms with Crippen LogP contribution in [0.1, 0.15) is 5.89 Å². The van der Waals surface area contributed by atoms with Gasteiger partial charge in [0.1, 0.15) is 5.75 Å². The molecule has 0 unspecified atom stereocenters. The van der Waals surface area contributed by atoms with Gasteiger partial charge in [0.25, 0.3) is 0 Å². The van der Waals surface area contributed by atoms with E-state index in [9.17, 15) is 5.11 Å². The summed E-state index contributed by atoms with van der Waals surface area (Å²) in [6, 6.07) is 16.9. The Kier molecular flexibility index (Phi) is 3.69. The maximum atomic E-state index is 9.68. The van der Waals surface area contributed by atoms with Crippen molar-refractivity contribution >= 4 is 11.8 Å². The Morgan fingerprint density at radius 1 is 1.00 bits per heavy atom. The summed E-state index contributed by atoms with van der Waals surface area (Å²) in [6.45, 7) is 0. The SMILES string of the molecule is Oc1ccccc1SCc1nc(-c2ccccc2)no1. The van der Waals surface area contributed by atoms with Gasteiger partial charge in [0.2, 0.25) is 11.7 Å². The quantitative estimate of drug-likeness (QED) is 0.740. The number of phenolic OH excluding ortho intramolecular Hbond substituents is 1. The Hall–Kier alpha value is -2.27. The molecule has 1 aromatic heterocycles. The monoisotopic (exact) mass is 284 g/mol. The summed E-state index contributed by atoms with van der Waals surface area (Å²) in [5.41, 5.74) is 0.926. The fourth-order valence-corrected chi connectivity index (χ4v) is 2.52. The lowest BCUT2D eigenvalue weighted by molar-refractivity contribution is 0.391. The van der Waals surface area contributed by atoms with Crippen molar-refractivity contribution in [3.8, 4) is 17.1 Å². The van der Waals surface area contributed by atoms with E-state index in [2.05, 4.69) is 10.1 Å². The van der Waals surface area contributed by atoms with Gasteiger partial charge in [-0.25, -0.2) is 0 Å². The zero-order chi connectivity index (χ0) is 13.8. The van der Waals surface area contributed by atoms with Crippen molar-refractivity contribution in [1.29, 1.82) is 0 Å². The van der Waals surface area contributed by atoms with Gasteiger partial charge in [-0.15, -0.1) is 11.8 Å². The van der Waals surface area contributed by atoms with Crippen molar-refractivity contribution in [3.63, 3.8) is 0 Å². The molecule has 0 saturated carbocycles. The molecule has 3 aromatic rings. The first kappa shape index (κ1) is 12.7. The molecule has 0 amide bonds.